The molecule has 1 aromatic carbocycles. The van der Waals surface area contributed by atoms with Crippen LogP contribution in [0, 0.1) is 13.8 Å². The number of hydrogen-bond donors (Lipinski definition) is 1. The first-order chi connectivity index (χ1) is 9.86. The van der Waals surface area contributed by atoms with Gasteiger partial charge in [-0.3, -0.25) is 0 Å². The number of nitrogens with zero attached hydrogens (tertiary/aromatic N) is 2. The summed E-state index contributed by atoms with van der Waals surface area (Å²) in [4.78, 5) is 1.23. The topological polar surface area (TPSA) is 37.8 Å². The summed E-state index contributed by atoms with van der Waals surface area (Å²) in [5.74, 6) is 0. The smallest absolute Gasteiger partial charge is 0.0860 e. The summed E-state index contributed by atoms with van der Waals surface area (Å²) in [5.41, 5.74) is 5.10. The van der Waals surface area contributed by atoms with Crippen molar-refractivity contribution < 1.29 is 0 Å². The Balaban J connectivity index is 2.55. The average molecular weight is 303 g/mol. The number of benzene rings is 1. The zero-order valence-corrected chi connectivity index (χ0v) is 14.6. The summed E-state index contributed by atoms with van der Waals surface area (Å²) in [5, 5.41) is 8.01. The lowest BCUT2D eigenvalue weighted by atomic mass is 9.87. The van der Waals surface area contributed by atoms with Crippen molar-refractivity contribution in [3.63, 3.8) is 0 Å². The fourth-order valence-corrected chi connectivity index (χ4v) is 3.50. The molecule has 1 unspecified atom stereocenters. The van der Waals surface area contributed by atoms with E-state index in [1.165, 1.54) is 33.1 Å². The van der Waals surface area contributed by atoms with Crippen molar-refractivity contribution in [1.29, 1.82) is 0 Å². The minimum atomic E-state index is 0.00767. The third-order valence-electron chi connectivity index (χ3n) is 3.85. The molecule has 1 N–H and O–H groups in total. The third kappa shape index (κ3) is 3.33. The van der Waals surface area contributed by atoms with Gasteiger partial charge in [-0.25, -0.2) is 0 Å². The summed E-state index contributed by atoms with van der Waals surface area (Å²) in [6.07, 6.45) is 0. The van der Waals surface area contributed by atoms with E-state index in [2.05, 4.69) is 74.6 Å². The van der Waals surface area contributed by atoms with Crippen LogP contribution in [0.2, 0.25) is 0 Å². The van der Waals surface area contributed by atoms with E-state index in [0.717, 1.165) is 12.2 Å². The number of nitrogens with one attached hydrogen (secondary N) is 1. The molecule has 0 radical (unpaired) electrons. The van der Waals surface area contributed by atoms with E-state index in [1.807, 2.05) is 0 Å². The predicted molar refractivity (Wildman–Crippen MR) is 90.0 cm³/mol. The maximum Gasteiger partial charge on any atom is 0.0860 e. The average Bonchev–Trinajstić information content (AvgIpc) is 2.89. The molecule has 1 atom stereocenters. The van der Waals surface area contributed by atoms with E-state index in [-0.39, 0.29) is 11.5 Å². The van der Waals surface area contributed by atoms with Crippen LogP contribution in [0.1, 0.15) is 61.0 Å². The SMILES string of the molecule is CCNC(c1cccc(C)c1C)c1snnc1C(C)(C)C. The molecule has 0 bridgehead atoms. The lowest BCUT2D eigenvalue weighted by molar-refractivity contribution is 0.542. The van der Waals surface area contributed by atoms with Crippen LogP contribution in [0.4, 0.5) is 0 Å². The van der Waals surface area contributed by atoms with Crippen molar-refractivity contribution in [3.8, 4) is 0 Å². The van der Waals surface area contributed by atoms with E-state index in [4.69, 9.17) is 0 Å². The Labute approximate surface area is 132 Å². The second kappa shape index (κ2) is 6.24. The Morgan fingerprint density at radius 1 is 1.24 bits per heavy atom. The van der Waals surface area contributed by atoms with Crippen LogP contribution in [0.3, 0.4) is 0 Å². The number of aromatic nitrogens is 2. The highest BCUT2D eigenvalue weighted by Crippen LogP contribution is 2.35. The lowest BCUT2D eigenvalue weighted by Crippen LogP contribution is -2.25. The van der Waals surface area contributed by atoms with Gasteiger partial charge in [0.25, 0.3) is 0 Å². The zero-order valence-electron chi connectivity index (χ0n) is 13.8. The van der Waals surface area contributed by atoms with Crippen molar-refractivity contribution >= 4 is 11.5 Å². The molecule has 1 heterocycles. The molecule has 0 aliphatic rings. The monoisotopic (exact) mass is 303 g/mol. The quantitative estimate of drug-likeness (QED) is 0.922. The molecular weight excluding hydrogens is 278 g/mol. The van der Waals surface area contributed by atoms with Gasteiger partial charge in [0, 0.05) is 5.41 Å². The molecule has 3 nitrogen and oxygen atoms in total. The summed E-state index contributed by atoms with van der Waals surface area (Å²) < 4.78 is 4.22. The van der Waals surface area contributed by atoms with Crippen molar-refractivity contribution in [3.05, 3.63) is 45.5 Å². The Bertz CT molecular complexity index is 611. The molecule has 0 aliphatic heterocycles. The zero-order chi connectivity index (χ0) is 15.6. The minimum Gasteiger partial charge on any atom is -0.306 e. The lowest BCUT2D eigenvalue weighted by Gasteiger charge is -2.24. The molecule has 2 rings (SSSR count). The second-order valence-electron chi connectivity index (χ2n) is 6.52. The molecule has 0 aliphatic carbocycles. The molecular formula is C17H25N3S. The maximum absolute atomic E-state index is 4.40. The summed E-state index contributed by atoms with van der Waals surface area (Å²) >= 11 is 1.51. The van der Waals surface area contributed by atoms with E-state index in [9.17, 15) is 0 Å². The Morgan fingerprint density at radius 3 is 2.57 bits per heavy atom. The van der Waals surface area contributed by atoms with Crippen molar-refractivity contribution in [2.45, 2.75) is 53.0 Å². The third-order valence-corrected chi connectivity index (χ3v) is 4.64. The molecule has 0 saturated carbocycles. The van der Waals surface area contributed by atoms with Crippen molar-refractivity contribution in [1.82, 2.24) is 14.9 Å². The van der Waals surface area contributed by atoms with Crippen LogP contribution < -0.4 is 5.32 Å². The number of aryl methyl sites for hydroxylation is 1. The summed E-state index contributed by atoms with van der Waals surface area (Å²) in [6.45, 7) is 14.0. The first-order valence-corrected chi connectivity index (χ1v) is 8.25. The largest absolute Gasteiger partial charge is 0.306 e. The van der Waals surface area contributed by atoms with Crippen LogP contribution in [0.15, 0.2) is 18.2 Å². The molecule has 1 aromatic heterocycles. The van der Waals surface area contributed by atoms with Crippen LogP contribution in [-0.4, -0.2) is 16.1 Å². The van der Waals surface area contributed by atoms with Gasteiger partial charge >= 0.3 is 0 Å². The Kier molecular flexibility index (Phi) is 4.79. The second-order valence-corrected chi connectivity index (χ2v) is 7.30. The molecule has 0 amide bonds. The highest BCUT2D eigenvalue weighted by Gasteiger charge is 2.28. The summed E-state index contributed by atoms with van der Waals surface area (Å²) in [6, 6.07) is 6.68. The minimum absolute atomic E-state index is 0.00767. The fraction of sp³-hybridized carbons (Fsp3) is 0.529. The molecule has 21 heavy (non-hydrogen) atoms. The number of hydrogen-bond acceptors (Lipinski definition) is 4. The van der Waals surface area contributed by atoms with Gasteiger partial charge in [-0.05, 0) is 48.6 Å². The predicted octanol–water partition coefficient (Wildman–Crippen LogP) is 4.15. The van der Waals surface area contributed by atoms with Gasteiger partial charge in [0.1, 0.15) is 0 Å². The molecule has 114 valence electrons. The van der Waals surface area contributed by atoms with Crippen LogP contribution in [0.25, 0.3) is 0 Å². The van der Waals surface area contributed by atoms with Crippen LogP contribution in [-0.2, 0) is 5.41 Å². The molecule has 0 saturated heterocycles. The fourth-order valence-electron chi connectivity index (χ4n) is 2.54. The standard InChI is InChI=1S/C17H25N3S/c1-7-18-14(13-10-8-9-11(2)12(13)3)15-16(17(4,5)6)19-20-21-15/h8-10,14,18H,7H2,1-6H3. The van der Waals surface area contributed by atoms with Crippen LogP contribution >= 0.6 is 11.5 Å². The Morgan fingerprint density at radius 2 is 1.95 bits per heavy atom. The van der Waals surface area contributed by atoms with E-state index in [0.29, 0.717) is 0 Å². The van der Waals surface area contributed by atoms with Crippen LogP contribution in [0.5, 0.6) is 0 Å². The van der Waals surface area contributed by atoms with Gasteiger partial charge in [0.05, 0.1) is 16.6 Å². The van der Waals surface area contributed by atoms with Gasteiger partial charge in [-0.1, -0.05) is 50.4 Å². The Hall–Kier alpha value is -1.26. The van der Waals surface area contributed by atoms with E-state index < -0.39 is 0 Å². The van der Waals surface area contributed by atoms with Crippen molar-refractivity contribution in [2.75, 3.05) is 6.54 Å². The highest BCUT2D eigenvalue weighted by molar-refractivity contribution is 7.05. The molecule has 0 spiro atoms. The van der Waals surface area contributed by atoms with Crippen molar-refractivity contribution in [2.24, 2.45) is 0 Å². The first-order valence-electron chi connectivity index (χ1n) is 7.48. The number of rotatable bonds is 4. The van der Waals surface area contributed by atoms with Gasteiger partial charge < -0.3 is 5.32 Å². The molecule has 4 heteroatoms. The normalized spacial score (nSPS) is 13.4. The first kappa shape index (κ1) is 16.1. The van der Waals surface area contributed by atoms with Gasteiger partial charge in [-0.2, -0.15) is 0 Å². The van der Waals surface area contributed by atoms with Gasteiger partial charge in [0.2, 0.25) is 0 Å². The van der Waals surface area contributed by atoms with Gasteiger partial charge in [-0.15, -0.1) is 5.10 Å². The molecule has 0 fully saturated rings. The molecule has 2 aromatic rings. The maximum atomic E-state index is 4.40. The van der Waals surface area contributed by atoms with Gasteiger partial charge in [0.15, 0.2) is 0 Å². The van der Waals surface area contributed by atoms with E-state index >= 15 is 0 Å². The summed E-state index contributed by atoms with van der Waals surface area (Å²) in [7, 11) is 0. The highest BCUT2D eigenvalue weighted by atomic mass is 32.1. The van der Waals surface area contributed by atoms with E-state index in [1.54, 1.807) is 0 Å².